The molecular formula is C11H17BrN2O. The number of aliphatic hydroxyl groups is 1. The Balaban J connectivity index is 2.47. The first-order chi connectivity index (χ1) is 7.13. The Bertz CT molecular complexity index is 317. The van der Waals surface area contributed by atoms with Crippen molar-refractivity contribution in [2.75, 3.05) is 11.9 Å². The molecule has 4 heteroatoms. The minimum atomic E-state index is -0.291. The summed E-state index contributed by atoms with van der Waals surface area (Å²) in [6.45, 7) is 4.56. The van der Waals surface area contributed by atoms with Gasteiger partial charge in [0, 0.05) is 11.0 Å². The molecule has 0 aliphatic rings. The van der Waals surface area contributed by atoms with Crippen LogP contribution in [-0.4, -0.2) is 22.7 Å². The highest BCUT2D eigenvalue weighted by Crippen LogP contribution is 2.16. The predicted octanol–water partition coefficient (Wildman–Crippen LogP) is 2.73. The number of nitrogens with one attached hydrogen (secondary N) is 1. The highest BCUT2D eigenvalue weighted by atomic mass is 79.9. The van der Waals surface area contributed by atoms with Gasteiger partial charge in [-0.15, -0.1) is 0 Å². The van der Waals surface area contributed by atoms with Gasteiger partial charge in [-0.1, -0.05) is 13.3 Å². The van der Waals surface area contributed by atoms with E-state index in [4.69, 9.17) is 0 Å². The number of aliphatic hydroxyl groups excluding tert-OH is 1. The van der Waals surface area contributed by atoms with E-state index < -0.39 is 0 Å². The molecule has 15 heavy (non-hydrogen) atoms. The largest absolute Gasteiger partial charge is 0.391 e. The summed E-state index contributed by atoms with van der Waals surface area (Å²) in [6.07, 6.45) is 1.53. The quantitative estimate of drug-likeness (QED) is 0.867. The van der Waals surface area contributed by atoms with Gasteiger partial charge in [0.05, 0.1) is 11.8 Å². The molecule has 0 spiro atoms. The van der Waals surface area contributed by atoms with E-state index in [1.165, 1.54) is 0 Å². The van der Waals surface area contributed by atoms with Gasteiger partial charge in [-0.3, -0.25) is 0 Å². The summed E-state index contributed by atoms with van der Waals surface area (Å²) in [5.74, 6) is 0.811. The lowest BCUT2D eigenvalue weighted by atomic mass is 10.2. The summed E-state index contributed by atoms with van der Waals surface area (Å²) in [5, 5.41) is 12.7. The normalized spacial score (nSPS) is 12.5. The molecule has 0 aliphatic heterocycles. The Morgan fingerprint density at radius 2 is 2.27 bits per heavy atom. The van der Waals surface area contributed by atoms with Gasteiger partial charge in [0.25, 0.3) is 0 Å². The van der Waals surface area contributed by atoms with Crippen molar-refractivity contribution in [1.82, 2.24) is 4.98 Å². The molecule has 0 aliphatic carbocycles. The van der Waals surface area contributed by atoms with E-state index >= 15 is 0 Å². The Morgan fingerprint density at radius 1 is 1.53 bits per heavy atom. The smallest absolute Gasteiger partial charge is 0.126 e. The topological polar surface area (TPSA) is 45.1 Å². The lowest BCUT2D eigenvalue weighted by Gasteiger charge is -2.11. The molecular weight excluding hydrogens is 256 g/mol. The van der Waals surface area contributed by atoms with E-state index in [0.717, 1.165) is 28.8 Å². The van der Waals surface area contributed by atoms with Crippen LogP contribution < -0.4 is 5.32 Å². The van der Waals surface area contributed by atoms with E-state index in [9.17, 15) is 5.11 Å². The molecule has 1 aromatic rings. The minimum Gasteiger partial charge on any atom is -0.391 e. The average molecular weight is 273 g/mol. The summed E-state index contributed by atoms with van der Waals surface area (Å²) in [6, 6.07) is 3.85. The molecule has 84 valence electrons. The van der Waals surface area contributed by atoms with Crippen LogP contribution in [0.1, 0.15) is 25.5 Å². The van der Waals surface area contributed by atoms with E-state index in [-0.39, 0.29) is 6.10 Å². The summed E-state index contributed by atoms with van der Waals surface area (Å²) in [5.41, 5.74) is 0.949. The molecule has 1 heterocycles. The molecule has 1 rings (SSSR count). The number of hydrogen-bond donors (Lipinski definition) is 2. The minimum absolute atomic E-state index is 0.291. The van der Waals surface area contributed by atoms with Crippen LogP contribution in [-0.2, 0) is 0 Å². The number of nitrogens with zero attached hydrogens (tertiary/aromatic N) is 1. The summed E-state index contributed by atoms with van der Waals surface area (Å²) in [4.78, 5) is 4.34. The number of hydrogen-bond acceptors (Lipinski definition) is 3. The van der Waals surface area contributed by atoms with Crippen LogP contribution in [0.25, 0.3) is 0 Å². The second kappa shape index (κ2) is 6.08. The van der Waals surface area contributed by atoms with Crippen molar-refractivity contribution in [2.24, 2.45) is 0 Å². The molecule has 0 saturated carbocycles. The Labute approximate surface area is 99.1 Å². The number of rotatable bonds is 5. The number of aryl methyl sites for hydroxylation is 1. The Morgan fingerprint density at radius 3 is 2.87 bits per heavy atom. The maximum absolute atomic E-state index is 9.53. The summed E-state index contributed by atoms with van der Waals surface area (Å²) in [7, 11) is 0. The molecule has 2 N–H and O–H groups in total. The van der Waals surface area contributed by atoms with Crippen molar-refractivity contribution in [2.45, 2.75) is 32.8 Å². The first kappa shape index (κ1) is 12.5. The predicted molar refractivity (Wildman–Crippen MR) is 66.1 cm³/mol. The second-order valence-electron chi connectivity index (χ2n) is 3.59. The highest BCUT2D eigenvalue weighted by Gasteiger charge is 2.03. The second-order valence-corrected chi connectivity index (χ2v) is 4.44. The standard InChI is InChI=1S/C11H17BrN2O/c1-3-4-9(15)7-13-11-6-5-10(12)8(2)14-11/h5-6,9,15H,3-4,7H2,1-2H3,(H,13,14). The maximum Gasteiger partial charge on any atom is 0.126 e. The Kier molecular flexibility index (Phi) is 5.05. The summed E-state index contributed by atoms with van der Waals surface area (Å²) >= 11 is 3.39. The van der Waals surface area contributed by atoms with Crippen molar-refractivity contribution < 1.29 is 5.11 Å². The van der Waals surface area contributed by atoms with Crippen molar-refractivity contribution >= 4 is 21.7 Å². The van der Waals surface area contributed by atoms with E-state index in [1.54, 1.807) is 0 Å². The van der Waals surface area contributed by atoms with Gasteiger partial charge in [0.2, 0.25) is 0 Å². The van der Waals surface area contributed by atoms with E-state index in [2.05, 4.69) is 33.2 Å². The number of halogens is 1. The third-order valence-electron chi connectivity index (χ3n) is 2.16. The molecule has 0 bridgehead atoms. The van der Waals surface area contributed by atoms with Crippen LogP contribution >= 0.6 is 15.9 Å². The van der Waals surface area contributed by atoms with Gasteiger partial charge in [0.1, 0.15) is 5.82 Å². The Hall–Kier alpha value is -0.610. The van der Waals surface area contributed by atoms with Crippen molar-refractivity contribution in [3.8, 4) is 0 Å². The monoisotopic (exact) mass is 272 g/mol. The number of aromatic nitrogens is 1. The SMILES string of the molecule is CCCC(O)CNc1ccc(Br)c(C)n1. The lowest BCUT2D eigenvalue weighted by molar-refractivity contribution is 0.176. The molecule has 1 unspecified atom stereocenters. The first-order valence-corrected chi connectivity index (χ1v) is 5.98. The van der Waals surface area contributed by atoms with Gasteiger partial charge >= 0.3 is 0 Å². The first-order valence-electron chi connectivity index (χ1n) is 5.18. The zero-order valence-electron chi connectivity index (χ0n) is 9.13. The van der Waals surface area contributed by atoms with Crippen LogP contribution in [0.15, 0.2) is 16.6 Å². The van der Waals surface area contributed by atoms with Crippen LogP contribution in [0.2, 0.25) is 0 Å². The lowest BCUT2D eigenvalue weighted by Crippen LogP contribution is -2.19. The van der Waals surface area contributed by atoms with Gasteiger partial charge < -0.3 is 10.4 Å². The summed E-state index contributed by atoms with van der Waals surface area (Å²) < 4.78 is 1.00. The zero-order valence-corrected chi connectivity index (χ0v) is 10.7. The van der Waals surface area contributed by atoms with Gasteiger partial charge in [-0.05, 0) is 41.4 Å². The zero-order chi connectivity index (χ0) is 11.3. The molecule has 0 fully saturated rings. The van der Waals surface area contributed by atoms with Crippen molar-refractivity contribution in [3.05, 3.63) is 22.3 Å². The molecule has 0 amide bonds. The fourth-order valence-corrected chi connectivity index (χ4v) is 1.52. The fraction of sp³-hybridized carbons (Fsp3) is 0.545. The molecule has 0 saturated heterocycles. The third kappa shape index (κ3) is 4.18. The van der Waals surface area contributed by atoms with Gasteiger partial charge in [-0.2, -0.15) is 0 Å². The van der Waals surface area contributed by atoms with Crippen LogP contribution in [0.5, 0.6) is 0 Å². The molecule has 1 atom stereocenters. The van der Waals surface area contributed by atoms with Crippen molar-refractivity contribution in [1.29, 1.82) is 0 Å². The fourth-order valence-electron chi connectivity index (χ4n) is 1.30. The maximum atomic E-state index is 9.53. The molecule has 3 nitrogen and oxygen atoms in total. The van der Waals surface area contributed by atoms with Crippen molar-refractivity contribution in [3.63, 3.8) is 0 Å². The van der Waals surface area contributed by atoms with Gasteiger partial charge in [-0.25, -0.2) is 4.98 Å². The number of pyridine rings is 1. The molecule has 0 aromatic carbocycles. The van der Waals surface area contributed by atoms with Crippen LogP contribution in [0.4, 0.5) is 5.82 Å². The van der Waals surface area contributed by atoms with Crippen LogP contribution in [0.3, 0.4) is 0 Å². The van der Waals surface area contributed by atoms with Crippen LogP contribution in [0, 0.1) is 6.92 Å². The highest BCUT2D eigenvalue weighted by molar-refractivity contribution is 9.10. The van der Waals surface area contributed by atoms with Gasteiger partial charge in [0.15, 0.2) is 0 Å². The molecule has 1 aromatic heterocycles. The van der Waals surface area contributed by atoms with E-state index in [1.807, 2.05) is 19.1 Å². The third-order valence-corrected chi connectivity index (χ3v) is 3.00. The average Bonchev–Trinajstić information content (AvgIpc) is 2.20. The number of anilines is 1. The molecule has 0 radical (unpaired) electrons. The van der Waals surface area contributed by atoms with E-state index in [0.29, 0.717) is 6.54 Å².